The van der Waals surface area contributed by atoms with Gasteiger partial charge in [0.25, 0.3) is 0 Å². The molecule has 2 aliphatic heterocycles. The molecule has 5 rings (SSSR count). The monoisotopic (exact) mass is 348 g/mol. The van der Waals surface area contributed by atoms with E-state index in [9.17, 15) is 0 Å². The quantitative estimate of drug-likeness (QED) is 0.852. The van der Waals surface area contributed by atoms with Crippen LogP contribution in [-0.2, 0) is 19.3 Å². The van der Waals surface area contributed by atoms with E-state index >= 15 is 0 Å². The van der Waals surface area contributed by atoms with Crippen LogP contribution in [0.2, 0.25) is 0 Å². The molecule has 132 valence electrons. The van der Waals surface area contributed by atoms with Crippen molar-refractivity contribution >= 4 is 17.9 Å². The van der Waals surface area contributed by atoms with Gasteiger partial charge in [0.05, 0.1) is 11.3 Å². The Morgan fingerprint density at radius 2 is 2.08 bits per heavy atom. The lowest BCUT2D eigenvalue weighted by Crippen LogP contribution is -2.57. The van der Waals surface area contributed by atoms with Gasteiger partial charge in [0.2, 0.25) is 5.88 Å². The number of nitrogen functional groups attached to an aromatic ring is 1. The van der Waals surface area contributed by atoms with Crippen molar-refractivity contribution in [1.29, 1.82) is 0 Å². The lowest BCUT2D eigenvalue weighted by molar-refractivity contribution is 0.175. The number of nitrogens with zero attached hydrogens (tertiary/aromatic N) is 4. The molecular formula is C19H20N6O. The minimum absolute atomic E-state index is 0.469. The maximum Gasteiger partial charge on any atom is 0.225 e. The number of aromatic nitrogens is 2. The van der Waals surface area contributed by atoms with Crippen LogP contribution in [0.1, 0.15) is 35.1 Å². The second kappa shape index (κ2) is 5.60. The zero-order valence-electron chi connectivity index (χ0n) is 14.4. The third-order valence-electron chi connectivity index (χ3n) is 5.41. The summed E-state index contributed by atoms with van der Waals surface area (Å²) in [5.41, 5.74) is 17.1. The van der Waals surface area contributed by atoms with Crippen LogP contribution in [-0.4, -0.2) is 33.8 Å². The number of fused-ring (bicyclic) bond motifs is 5. The summed E-state index contributed by atoms with van der Waals surface area (Å²) in [5.74, 6) is 1.10. The van der Waals surface area contributed by atoms with Crippen LogP contribution in [0.5, 0.6) is 5.88 Å². The molecule has 2 unspecified atom stereocenters. The molecule has 7 nitrogen and oxygen atoms in total. The second-order valence-corrected chi connectivity index (χ2v) is 7.13. The van der Waals surface area contributed by atoms with Crippen molar-refractivity contribution in [1.82, 2.24) is 9.97 Å². The molecule has 2 aromatic rings. The van der Waals surface area contributed by atoms with E-state index in [1.807, 2.05) is 12.1 Å². The van der Waals surface area contributed by atoms with Gasteiger partial charge in [-0.1, -0.05) is 6.07 Å². The Hall–Kier alpha value is -2.80. The molecule has 0 saturated carbocycles. The van der Waals surface area contributed by atoms with Crippen molar-refractivity contribution in [3.05, 3.63) is 46.8 Å². The van der Waals surface area contributed by atoms with Crippen LogP contribution >= 0.6 is 0 Å². The van der Waals surface area contributed by atoms with Crippen molar-refractivity contribution in [3.8, 4) is 5.88 Å². The molecule has 0 amide bonds. The number of ether oxygens (including phenoxy) is 1. The van der Waals surface area contributed by atoms with Crippen molar-refractivity contribution in [3.63, 3.8) is 0 Å². The summed E-state index contributed by atoms with van der Waals surface area (Å²) in [5, 5.41) is 0. The van der Waals surface area contributed by atoms with Gasteiger partial charge in [-0.05, 0) is 48.4 Å². The van der Waals surface area contributed by atoms with Crippen molar-refractivity contribution < 1.29 is 4.74 Å². The zero-order valence-corrected chi connectivity index (χ0v) is 14.4. The Balaban J connectivity index is 1.58. The first-order chi connectivity index (χ1) is 12.7. The summed E-state index contributed by atoms with van der Waals surface area (Å²) in [7, 11) is 0. The largest absolute Gasteiger partial charge is 0.463 e. The lowest BCUT2D eigenvalue weighted by atomic mass is 9.84. The summed E-state index contributed by atoms with van der Waals surface area (Å²) in [6.45, 7) is 0. The summed E-state index contributed by atoms with van der Waals surface area (Å²) < 4.78 is 6.16. The number of nitrogens with two attached hydrogens (primary N) is 2. The van der Waals surface area contributed by atoms with Gasteiger partial charge in [0.15, 0.2) is 11.8 Å². The maximum absolute atomic E-state index is 6.68. The summed E-state index contributed by atoms with van der Waals surface area (Å²) in [6.07, 6.45) is 9.33. The van der Waals surface area contributed by atoms with Gasteiger partial charge >= 0.3 is 0 Å². The van der Waals surface area contributed by atoms with Gasteiger partial charge < -0.3 is 16.2 Å². The Morgan fingerprint density at radius 3 is 2.88 bits per heavy atom. The van der Waals surface area contributed by atoms with Gasteiger partial charge in [0, 0.05) is 18.8 Å². The van der Waals surface area contributed by atoms with E-state index in [4.69, 9.17) is 16.2 Å². The SMILES string of the molecule is Nc1nc2c(c3c1CCCC3)C1=NC=NC(N)(Cc3cccnc3)C1O2. The van der Waals surface area contributed by atoms with Gasteiger partial charge in [0.1, 0.15) is 12.2 Å². The normalized spacial score (nSPS) is 25.7. The van der Waals surface area contributed by atoms with Gasteiger partial charge in [-0.2, -0.15) is 4.98 Å². The van der Waals surface area contributed by atoms with E-state index in [-0.39, 0.29) is 0 Å². The van der Waals surface area contributed by atoms with Crippen LogP contribution in [0.4, 0.5) is 5.82 Å². The Labute approximate surface area is 151 Å². The van der Waals surface area contributed by atoms with Crippen LogP contribution in [0.25, 0.3) is 0 Å². The molecule has 0 aromatic carbocycles. The highest BCUT2D eigenvalue weighted by Gasteiger charge is 2.49. The van der Waals surface area contributed by atoms with Crippen LogP contribution in [0.3, 0.4) is 0 Å². The van der Waals surface area contributed by atoms with E-state index in [2.05, 4.69) is 20.0 Å². The molecule has 4 heterocycles. The zero-order chi connectivity index (χ0) is 17.7. The standard InChI is InChI=1S/C19H20N6O/c20-17-13-6-2-1-5-12(13)14-15-16(26-18(14)25-17)19(21,24-10-23-15)8-11-4-3-7-22-9-11/h3-4,7,9-10,16H,1-2,5-6,8,21H2,(H2,20,25). The van der Waals surface area contributed by atoms with E-state index in [1.165, 1.54) is 5.56 Å². The third-order valence-corrected chi connectivity index (χ3v) is 5.41. The average Bonchev–Trinajstić information content (AvgIpc) is 3.03. The molecule has 1 aliphatic carbocycles. The highest BCUT2D eigenvalue weighted by molar-refractivity contribution is 6.13. The minimum atomic E-state index is -0.947. The summed E-state index contributed by atoms with van der Waals surface area (Å²) in [6, 6.07) is 3.88. The molecular weight excluding hydrogens is 328 g/mol. The minimum Gasteiger partial charge on any atom is -0.463 e. The molecule has 0 radical (unpaired) electrons. The molecule has 0 spiro atoms. The van der Waals surface area contributed by atoms with Crippen molar-refractivity contribution in [2.45, 2.75) is 43.9 Å². The number of hydrogen-bond acceptors (Lipinski definition) is 7. The fourth-order valence-corrected chi connectivity index (χ4v) is 4.18. The molecule has 7 heteroatoms. The van der Waals surface area contributed by atoms with Crippen LogP contribution in [0.15, 0.2) is 34.5 Å². The fraction of sp³-hybridized carbons (Fsp3) is 0.368. The highest BCUT2D eigenvalue weighted by Crippen LogP contribution is 2.41. The first kappa shape index (κ1) is 15.5. The van der Waals surface area contributed by atoms with Crippen LogP contribution in [0, 0.1) is 0 Å². The van der Waals surface area contributed by atoms with Crippen molar-refractivity contribution in [2.75, 3.05) is 5.73 Å². The van der Waals surface area contributed by atoms with Crippen LogP contribution < -0.4 is 16.2 Å². The molecule has 2 aromatic heterocycles. The summed E-state index contributed by atoms with van der Waals surface area (Å²) in [4.78, 5) is 17.7. The first-order valence-electron chi connectivity index (χ1n) is 8.93. The molecule has 0 saturated heterocycles. The topological polar surface area (TPSA) is 112 Å². The Bertz CT molecular complexity index is 939. The van der Waals surface area contributed by atoms with E-state index in [0.29, 0.717) is 18.1 Å². The molecule has 0 bridgehead atoms. The molecule has 4 N–H and O–H groups in total. The number of hydrogen-bond donors (Lipinski definition) is 2. The summed E-state index contributed by atoms with van der Waals surface area (Å²) >= 11 is 0. The fourth-order valence-electron chi connectivity index (χ4n) is 4.18. The smallest absolute Gasteiger partial charge is 0.225 e. The van der Waals surface area contributed by atoms with E-state index in [1.54, 1.807) is 18.7 Å². The lowest BCUT2D eigenvalue weighted by Gasteiger charge is -2.32. The van der Waals surface area contributed by atoms with Gasteiger partial charge in [-0.25, -0.2) is 9.98 Å². The van der Waals surface area contributed by atoms with Gasteiger partial charge in [-0.3, -0.25) is 4.98 Å². The first-order valence-corrected chi connectivity index (χ1v) is 8.93. The van der Waals surface area contributed by atoms with E-state index in [0.717, 1.165) is 48.1 Å². The number of aliphatic imine (C=N–C) groups is 2. The molecule has 0 fully saturated rings. The maximum atomic E-state index is 6.68. The molecule has 2 atom stereocenters. The predicted octanol–water partition coefficient (Wildman–Crippen LogP) is 1.43. The van der Waals surface area contributed by atoms with Crippen molar-refractivity contribution in [2.24, 2.45) is 15.7 Å². The Kier molecular flexibility index (Phi) is 3.33. The Morgan fingerprint density at radius 1 is 1.23 bits per heavy atom. The van der Waals surface area contributed by atoms with Gasteiger partial charge in [-0.15, -0.1) is 0 Å². The second-order valence-electron chi connectivity index (χ2n) is 7.13. The third kappa shape index (κ3) is 2.24. The highest BCUT2D eigenvalue weighted by atomic mass is 16.5. The average molecular weight is 348 g/mol. The predicted molar refractivity (Wildman–Crippen MR) is 99.6 cm³/mol. The molecule has 3 aliphatic rings. The van der Waals surface area contributed by atoms with E-state index < -0.39 is 11.8 Å². The number of rotatable bonds is 2. The number of anilines is 1. The number of pyridine rings is 2. The molecule has 26 heavy (non-hydrogen) atoms.